The lowest BCUT2D eigenvalue weighted by molar-refractivity contribution is 0.257. The normalized spacial score (nSPS) is 16.3. The van der Waals surface area contributed by atoms with Crippen molar-refractivity contribution in [2.75, 3.05) is 7.05 Å². The summed E-state index contributed by atoms with van der Waals surface area (Å²) in [5.74, 6) is 0.108. The van der Waals surface area contributed by atoms with E-state index in [0.29, 0.717) is 24.9 Å². The molecule has 0 unspecified atom stereocenters. The maximum atomic E-state index is 14.1. The molecular formula is C18H24Cl2FN3O. The summed E-state index contributed by atoms with van der Waals surface area (Å²) in [5.41, 5.74) is 0.525. The first kappa shape index (κ1) is 17.1. The molecule has 1 aromatic heterocycles. The van der Waals surface area contributed by atoms with Crippen LogP contribution < -0.4 is 10.1 Å². The van der Waals surface area contributed by atoms with Gasteiger partial charge in [-0.25, -0.2) is 9.07 Å². The zero-order chi connectivity index (χ0) is 18.7. The fourth-order valence-corrected chi connectivity index (χ4v) is 3.22. The van der Waals surface area contributed by atoms with Crippen LogP contribution in [0.4, 0.5) is 4.39 Å². The van der Waals surface area contributed by atoms with E-state index in [9.17, 15) is 4.39 Å². The molecule has 1 saturated carbocycles. The number of hydrogen-bond acceptors (Lipinski definition) is 3. The van der Waals surface area contributed by atoms with Crippen LogP contribution >= 0.6 is 24.0 Å². The predicted octanol–water partition coefficient (Wildman–Crippen LogP) is 4.59. The van der Waals surface area contributed by atoms with Gasteiger partial charge in [0.1, 0.15) is 12.4 Å². The number of benzene rings is 1. The molecule has 0 radical (unpaired) electrons. The van der Waals surface area contributed by atoms with Crippen LogP contribution in [0, 0.1) is 11.7 Å². The molecule has 4 nitrogen and oxygen atoms in total. The Morgan fingerprint density at radius 2 is 2.16 bits per heavy atom. The third-order valence-electron chi connectivity index (χ3n) is 4.25. The summed E-state index contributed by atoms with van der Waals surface area (Å²) in [6.45, 7) is -1.14. The van der Waals surface area contributed by atoms with Crippen LogP contribution in [0.3, 0.4) is 0 Å². The molecule has 1 N–H and O–H groups in total. The molecule has 138 valence electrons. The lowest BCUT2D eigenvalue weighted by Gasteiger charge is -2.13. The van der Waals surface area contributed by atoms with Gasteiger partial charge in [0, 0.05) is 29.7 Å². The van der Waals surface area contributed by atoms with E-state index in [4.69, 9.17) is 19.1 Å². The SMILES string of the molecule is Cl.[2H]C([2H])(Oc1cc(CNC)nn1CC1CCCC1)c1cc(Cl)ccc1F. The van der Waals surface area contributed by atoms with E-state index in [1.54, 1.807) is 10.7 Å². The molecule has 1 heterocycles. The first-order chi connectivity index (χ1) is 12.4. The van der Waals surface area contributed by atoms with Gasteiger partial charge in [0.2, 0.25) is 5.88 Å². The molecule has 0 amide bonds. The number of rotatable bonds is 7. The van der Waals surface area contributed by atoms with Gasteiger partial charge in [-0.2, -0.15) is 5.10 Å². The van der Waals surface area contributed by atoms with E-state index >= 15 is 0 Å². The van der Waals surface area contributed by atoms with Crippen LogP contribution in [0.2, 0.25) is 5.02 Å². The van der Waals surface area contributed by atoms with Crippen molar-refractivity contribution >= 4 is 24.0 Å². The van der Waals surface area contributed by atoms with Gasteiger partial charge in [-0.1, -0.05) is 24.4 Å². The zero-order valence-electron chi connectivity index (χ0n) is 16.1. The van der Waals surface area contributed by atoms with E-state index in [0.717, 1.165) is 24.6 Å². The average molecular weight is 390 g/mol. The van der Waals surface area contributed by atoms with Crippen LogP contribution in [0.1, 0.15) is 39.7 Å². The standard InChI is InChI=1S/C18H23ClFN3O.ClH/c1-21-10-16-9-18(23(22-16)11-13-4-2-3-5-13)24-12-14-8-15(19)6-7-17(14)20;/h6-9,13,21H,2-5,10-12H2,1H3;1H/i12D2;. The summed E-state index contributed by atoms with van der Waals surface area (Å²) in [6, 6.07) is 5.47. The molecule has 0 spiro atoms. The van der Waals surface area contributed by atoms with Gasteiger partial charge in [-0.15, -0.1) is 12.4 Å². The molecule has 1 fully saturated rings. The summed E-state index contributed by atoms with van der Waals surface area (Å²) in [5, 5.41) is 7.80. The quantitative estimate of drug-likeness (QED) is 0.752. The van der Waals surface area contributed by atoms with Crippen LogP contribution in [-0.2, 0) is 19.6 Å². The summed E-state index contributed by atoms with van der Waals surface area (Å²) in [6.07, 6.45) is 4.69. The fraction of sp³-hybridized carbons (Fsp3) is 0.500. The van der Waals surface area contributed by atoms with E-state index in [1.807, 2.05) is 7.05 Å². The highest BCUT2D eigenvalue weighted by Gasteiger charge is 2.19. The van der Waals surface area contributed by atoms with Crippen molar-refractivity contribution in [3.8, 4) is 5.88 Å². The largest absolute Gasteiger partial charge is 0.473 e. The molecule has 25 heavy (non-hydrogen) atoms. The van der Waals surface area contributed by atoms with Crippen LogP contribution in [0.5, 0.6) is 5.88 Å². The Hall–Kier alpha value is -1.30. The van der Waals surface area contributed by atoms with E-state index in [1.165, 1.54) is 25.0 Å². The number of nitrogens with zero attached hydrogens (tertiary/aromatic N) is 2. The molecule has 1 aliphatic rings. The van der Waals surface area contributed by atoms with Crippen molar-refractivity contribution in [3.05, 3.63) is 46.4 Å². The second kappa shape index (κ2) is 9.41. The van der Waals surface area contributed by atoms with E-state index in [-0.39, 0.29) is 23.0 Å². The zero-order valence-corrected chi connectivity index (χ0v) is 15.7. The smallest absolute Gasteiger partial charge is 0.212 e. The van der Waals surface area contributed by atoms with Gasteiger partial charge in [-0.05, 0) is 44.0 Å². The number of hydrogen-bond donors (Lipinski definition) is 1. The molecular weight excluding hydrogens is 364 g/mol. The van der Waals surface area contributed by atoms with Crippen molar-refractivity contribution in [2.45, 2.75) is 45.3 Å². The predicted molar refractivity (Wildman–Crippen MR) is 99.9 cm³/mol. The number of aromatic nitrogens is 2. The minimum Gasteiger partial charge on any atom is -0.473 e. The summed E-state index contributed by atoms with van der Waals surface area (Å²) in [7, 11) is 1.82. The van der Waals surface area contributed by atoms with E-state index in [2.05, 4.69) is 10.4 Å². The van der Waals surface area contributed by atoms with Crippen molar-refractivity contribution in [2.24, 2.45) is 5.92 Å². The Labute approximate surface area is 161 Å². The lowest BCUT2D eigenvalue weighted by atomic mass is 10.1. The third-order valence-corrected chi connectivity index (χ3v) is 4.49. The molecule has 3 rings (SSSR count). The highest BCUT2D eigenvalue weighted by Crippen LogP contribution is 2.28. The Kier molecular flexibility index (Phi) is 6.45. The molecule has 0 bridgehead atoms. The molecule has 0 aliphatic heterocycles. The lowest BCUT2D eigenvalue weighted by Crippen LogP contribution is -2.12. The second-order valence-electron chi connectivity index (χ2n) is 6.17. The van der Waals surface area contributed by atoms with Gasteiger partial charge in [0.25, 0.3) is 0 Å². The van der Waals surface area contributed by atoms with Gasteiger partial charge in [0.15, 0.2) is 0 Å². The topological polar surface area (TPSA) is 39.1 Å². The Morgan fingerprint density at radius 3 is 2.88 bits per heavy atom. The van der Waals surface area contributed by atoms with Crippen molar-refractivity contribution < 1.29 is 11.9 Å². The summed E-state index contributed by atoms with van der Waals surface area (Å²) >= 11 is 5.90. The monoisotopic (exact) mass is 389 g/mol. The van der Waals surface area contributed by atoms with Gasteiger partial charge < -0.3 is 10.1 Å². The third kappa shape index (κ3) is 5.33. The van der Waals surface area contributed by atoms with Crippen molar-refractivity contribution in [3.63, 3.8) is 0 Å². The van der Waals surface area contributed by atoms with Crippen LogP contribution in [-0.4, -0.2) is 16.8 Å². The summed E-state index contributed by atoms with van der Waals surface area (Å²) < 4.78 is 37.9. The molecule has 0 saturated heterocycles. The maximum Gasteiger partial charge on any atom is 0.212 e. The van der Waals surface area contributed by atoms with Crippen molar-refractivity contribution in [1.82, 2.24) is 15.1 Å². The molecule has 1 aliphatic carbocycles. The molecule has 2 aromatic rings. The van der Waals surface area contributed by atoms with Crippen molar-refractivity contribution in [1.29, 1.82) is 0 Å². The first-order valence-electron chi connectivity index (χ1n) is 9.25. The first-order valence-corrected chi connectivity index (χ1v) is 8.62. The highest BCUT2D eigenvalue weighted by atomic mass is 35.5. The highest BCUT2D eigenvalue weighted by molar-refractivity contribution is 6.30. The fourth-order valence-electron chi connectivity index (χ4n) is 3.05. The van der Waals surface area contributed by atoms with Crippen LogP contribution in [0.15, 0.2) is 24.3 Å². The Balaban J connectivity index is 0.00000261. The molecule has 0 atom stereocenters. The summed E-state index contributed by atoms with van der Waals surface area (Å²) in [4.78, 5) is 0. The molecule has 1 aromatic carbocycles. The maximum absolute atomic E-state index is 14.1. The second-order valence-corrected chi connectivity index (χ2v) is 6.60. The van der Waals surface area contributed by atoms with Gasteiger partial charge in [0.05, 0.1) is 8.44 Å². The Morgan fingerprint density at radius 1 is 1.40 bits per heavy atom. The minimum atomic E-state index is -2.36. The number of nitrogens with one attached hydrogen (secondary N) is 1. The number of halogens is 3. The average Bonchev–Trinajstić information content (AvgIpc) is 3.21. The van der Waals surface area contributed by atoms with Gasteiger partial charge in [-0.3, -0.25) is 0 Å². The Bertz CT molecular complexity index is 767. The minimum absolute atomic E-state index is 0. The van der Waals surface area contributed by atoms with E-state index < -0.39 is 12.4 Å². The van der Waals surface area contributed by atoms with Gasteiger partial charge >= 0.3 is 0 Å². The number of ether oxygens (including phenoxy) is 1. The van der Waals surface area contributed by atoms with Crippen LogP contribution in [0.25, 0.3) is 0 Å². The molecule has 7 heteroatoms.